The smallest absolute Gasteiger partial charge is 0.0614 e. The highest BCUT2D eigenvalue weighted by Crippen LogP contribution is 2.46. The van der Waals surface area contributed by atoms with E-state index in [2.05, 4.69) is 37.9 Å². The van der Waals surface area contributed by atoms with E-state index in [1.54, 1.807) is 0 Å². The predicted octanol–water partition coefficient (Wildman–Crippen LogP) is 3.87. The van der Waals surface area contributed by atoms with E-state index in [4.69, 9.17) is 4.74 Å². The zero-order chi connectivity index (χ0) is 13.5. The predicted molar refractivity (Wildman–Crippen MR) is 77.2 cm³/mol. The fraction of sp³-hybridized carbons (Fsp3) is 0.706. The second kappa shape index (κ2) is 4.90. The number of hydrogen-bond acceptors (Lipinski definition) is 2. The maximum atomic E-state index is 6.07. The summed E-state index contributed by atoms with van der Waals surface area (Å²) in [6, 6.07) is 4.34. The van der Waals surface area contributed by atoms with Gasteiger partial charge in [0.05, 0.1) is 6.10 Å². The first-order valence-corrected chi connectivity index (χ1v) is 7.63. The van der Waals surface area contributed by atoms with Gasteiger partial charge in [-0.3, -0.25) is 4.98 Å². The van der Waals surface area contributed by atoms with Gasteiger partial charge >= 0.3 is 0 Å². The summed E-state index contributed by atoms with van der Waals surface area (Å²) in [6.07, 6.45) is 7.31. The first-order valence-electron chi connectivity index (χ1n) is 7.63. The Morgan fingerprint density at radius 1 is 1.37 bits per heavy atom. The first kappa shape index (κ1) is 13.1. The third-order valence-corrected chi connectivity index (χ3v) is 5.33. The second-order valence-corrected chi connectivity index (χ2v) is 6.86. The molecule has 1 saturated heterocycles. The van der Waals surface area contributed by atoms with Crippen LogP contribution < -0.4 is 0 Å². The van der Waals surface area contributed by atoms with E-state index in [-0.39, 0.29) is 5.41 Å². The molecule has 104 valence electrons. The topological polar surface area (TPSA) is 22.1 Å². The van der Waals surface area contributed by atoms with Crippen LogP contribution in [-0.2, 0) is 10.2 Å². The van der Waals surface area contributed by atoms with Crippen LogP contribution in [0.1, 0.15) is 50.8 Å². The van der Waals surface area contributed by atoms with Crippen molar-refractivity contribution >= 4 is 0 Å². The molecule has 2 aliphatic rings. The molecule has 2 fully saturated rings. The molecule has 0 aromatic carbocycles. The van der Waals surface area contributed by atoms with Crippen molar-refractivity contribution in [1.29, 1.82) is 0 Å². The van der Waals surface area contributed by atoms with Gasteiger partial charge in [0.2, 0.25) is 0 Å². The van der Waals surface area contributed by atoms with Crippen LogP contribution in [0.4, 0.5) is 0 Å². The van der Waals surface area contributed by atoms with Gasteiger partial charge in [-0.1, -0.05) is 13.8 Å². The summed E-state index contributed by atoms with van der Waals surface area (Å²) < 4.78 is 6.07. The number of hydrogen-bond donors (Lipinski definition) is 0. The third-order valence-electron chi connectivity index (χ3n) is 5.33. The van der Waals surface area contributed by atoms with E-state index in [1.807, 2.05) is 6.20 Å². The Kier molecular flexibility index (Phi) is 3.38. The second-order valence-electron chi connectivity index (χ2n) is 6.86. The van der Waals surface area contributed by atoms with Crippen molar-refractivity contribution < 1.29 is 4.74 Å². The molecule has 1 saturated carbocycles. The van der Waals surface area contributed by atoms with Crippen molar-refractivity contribution in [3.05, 3.63) is 29.6 Å². The number of nitrogens with zero attached hydrogens (tertiary/aromatic N) is 1. The Morgan fingerprint density at radius 2 is 2.21 bits per heavy atom. The first-order chi connectivity index (χ1) is 9.08. The Balaban J connectivity index is 1.83. The van der Waals surface area contributed by atoms with Crippen LogP contribution in [0.2, 0.25) is 0 Å². The molecule has 2 heterocycles. The molecule has 0 N–H and O–H groups in total. The number of rotatable bonds is 1. The quantitative estimate of drug-likeness (QED) is 0.763. The maximum Gasteiger partial charge on any atom is 0.0614 e. The Morgan fingerprint density at radius 3 is 3.00 bits per heavy atom. The molecule has 2 nitrogen and oxygen atoms in total. The number of pyridine rings is 1. The van der Waals surface area contributed by atoms with Gasteiger partial charge in [-0.25, -0.2) is 0 Å². The van der Waals surface area contributed by atoms with Gasteiger partial charge in [-0.2, -0.15) is 0 Å². The van der Waals surface area contributed by atoms with Gasteiger partial charge < -0.3 is 4.74 Å². The molecule has 4 unspecified atom stereocenters. The lowest BCUT2D eigenvalue weighted by Crippen LogP contribution is -2.45. The molecule has 1 aromatic heterocycles. The highest BCUT2D eigenvalue weighted by molar-refractivity contribution is 5.23. The monoisotopic (exact) mass is 259 g/mol. The lowest BCUT2D eigenvalue weighted by molar-refractivity contribution is -0.0883. The van der Waals surface area contributed by atoms with Crippen molar-refractivity contribution in [3.8, 4) is 0 Å². The molecule has 1 aliphatic heterocycles. The summed E-state index contributed by atoms with van der Waals surface area (Å²) in [6.45, 7) is 7.86. The highest BCUT2D eigenvalue weighted by Gasteiger charge is 2.43. The number of fused-ring (bicyclic) bond motifs is 1. The molecule has 4 atom stereocenters. The van der Waals surface area contributed by atoms with E-state index < -0.39 is 0 Å². The van der Waals surface area contributed by atoms with Gasteiger partial charge in [-0.05, 0) is 62.1 Å². The van der Waals surface area contributed by atoms with Gasteiger partial charge in [-0.15, -0.1) is 0 Å². The third kappa shape index (κ3) is 2.43. The standard InChI is InChI=1S/C17H25NO/c1-12-5-8-18-16(10-12)17(3)7-4-14-13(2)6-9-19-15(14)11-17/h5,8,10,13-15H,4,6-7,9,11H2,1-3H3. The van der Waals surface area contributed by atoms with Crippen molar-refractivity contribution in [3.63, 3.8) is 0 Å². The molecule has 3 rings (SSSR count). The highest BCUT2D eigenvalue weighted by atomic mass is 16.5. The fourth-order valence-electron chi connectivity index (χ4n) is 3.92. The summed E-state index contributed by atoms with van der Waals surface area (Å²) in [5.74, 6) is 1.60. The number of aryl methyl sites for hydroxylation is 1. The summed E-state index contributed by atoms with van der Waals surface area (Å²) in [4.78, 5) is 4.64. The van der Waals surface area contributed by atoms with Gasteiger partial charge in [0.15, 0.2) is 0 Å². The van der Waals surface area contributed by atoms with Gasteiger partial charge in [0.1, 0.15) is 0 Å². The molecular weight excluding hydrogens is 234 g/mol. The van der Waals surface area contributed by atoms with E-state index in [9.17, 15) is 0 Å². The lowest BCUT2D eigenvalue weighted by atomic mass is 9.64. The molecule has 0 spiro atoms. The summed E-state index contributed by atoms with van der Waals surface area (Å²) in [7, 11) is 0. The van der Waals surface area contributed by atoms with Gasteiger partial charge in [0.25, 0.3) is 0 Å². The van der Waals surface area contributed by atoms with E-state index in [1.165, 1.54) is 30.5 Å². The van der Waals surface area contributed by atoms with Crippen LogP contribution in [0.25, 0.3) is 0 Å². The van der Waals surface area contributed by atoms with E-state index in [0.29, 0.717) is 6.10 Å². The van der Waals surface area contributed by atoms with E-state index in [0.717, 1.165) is 24.9 Å². The fourth-order valence-corrected chi connectivity index (χ4v) is 3.92. The minimum atomic E-state index is 0.199. The van der Waals surface area contributed by atoms with Crippen molar-refractivity contribution in [1.82, 2.24) is 4.98 Å². The molecule has 2 heteroatoms. The molecule has 0 radical (unpaired) electrons. The lowest BCUT2D eigenvalue weighted by Gasteiger charge is -2.46. The zero-order valence-electron chi connectivity index (χ0n) is 12.4. The summed E-state index contributed by atoms with van der Waals surface area (Å²) in [5, 5.41) is 0. The minimum Gasteiger partial charge on any atom is -0.378 e. The minimum absolute atomic E-state index is 0.199. The Hall–Kier alpha value is -0.890. The van der Waals surface area contributed by atoms with Crippen LogP contribution >= 0.6 is 0 Å². The van der Waals surface area contributed by atoms with Crippen molar-refractivity contribution in [2.75, 3.05) is 6.61 Å². The number of ether oxygens (including phenoxy) is 1. The van der Waals surface area contributed by atoms with Gasteiger partial charge in [0, 0.05) is 23.9 Å². The molecule has 1 aliphatic carbocycles. The molecule has 0 amide bonds. The summed E-state index contributed by atoms with van der Waals surface area (Å²) >= 11 is 0. The van der Waals surface area contributed by atoms with Crippen LogP contribution in [0.3, 0.4) is 0 Å². The van der Waals surface area contributed by atoms with E-state index >= 15 is 0 Å². The number of aromatic nitrogens is 1. The molecular formula is C17H25NO. The van der Waals surface area contributed by atoms with Crippen LogP contribution in [0.5, 0.6) is 0 Å². The molecule has 1 aromatic rings. The molecule has 19 heavy (non-hydrogen) atoms. The largest absolute Gasteiger partial charge is 0.378 e. The Labute approximate surface area is 116 Å². The van der Waals surface area contributed by atoms with Crippen LogP contribution in [0, 0.1) is 18.8 Å². The average Bonchev–Trinajstić information content (AvgIpc) is 2.39. The average molecular weight is 259 g/mol. The van der Waals surface area contributed by atoms with Crippen molar-refractivity contribution in [2.24, 2.45) is 11.8 Å². The Bertz CT molecular complexity index is 458. The zero-order valence-corrected chi connectivity index (χ0v) is 12.4. The van der Waals surface area contributed by atoms with Crippen molar-refractivity contribution in [2.45, 2.75) is 58.0 Å². The molecule has 0 bridgehead atoms. The SMILES string of the molecule is Cc1ccnc(C2(C)CCC3C(C)CCOC3C2)c1. The van der Waals surface area contributed by atoms with Crippen LogP contribution in [-0.4, -0.2) is 17.7 Å². The van der Waals surface area contributed by atoms with Crippen LogP contribution in [0.15, 0.2) is 18.3 Å². The normalized spacial score (nSPS) is 38.8. The summed E-state index contributed by atoms with van der Waals surface area (Å²) in [5.41, 5.74) is 2.77. The maximum absolute atomic E-state index is 6.07.